The first kappa shape index (κ1) is 30.0. The van der Waals surface area contributed by atoms with Gasteiger partial charge in [-0.3, -0.25) is 10.2 Å². The van der Waals surface area contributed by atoms with Crippen LogP contribution in [0.15, 0.2) is 95.9 Å². The molecule has 7 nitrogen and oxygen atoms in total. The van der Waals surface area contributed by atoms with E-state index in [-0.39, 0.29) is 20.9 Å². The molecule has 224 valence electrons. The molecule has 2 aromatic heterocycles. The summed E-state index contributed by atoms with van der Waals surface area (Å²) >= 11 is 11.9. The minimum Gasteiger partial charge on any atom is -0.348 e. The van der Waals surface area contributed by atoms with Crippen LogP contribution in [0, 0.1) is 13.8 Å². The minimum absolute atomic E-state index is 0.0915. The number of sulfonamides is 1. The lowest BCUT2D eigenvalue weighted by Crippen LogP contribution is -2.41. The number of nitrogens with one attached hydrogen (secondary N) is 2. The zero-order valence-corrected chi connectivity index (χ0v) is 26.8. The van der Waals surface area contributed by atoms with Crippen LogP contribution in [0.5, 0.6) is 0 Å². The lowest BCUT2D eigenvalue weighted by molar-refractivity contribution is 0.0945. The van der Waals surface area contributed by atoms with Crippen LogP contribution in [-0.4, -0.2) is 23.5 Å². The Labute approximate surface area is 266 Å². The zero-order chi connectivity index (χ0) is 31.3. The monoisotopic (exact) mass is 644 g/mol. The van der Waals surface area contributed by atoms with Crippen LogP contribution in [0.1, 0.15) is 44.4 Å². The molecule has 0 aliphatic heterocycles. The van der Waals surface area contributed by atoms with E-state index in [4.69, 9.17) is 23.2 Å². The highest BCUT2D eigenvalue weighted by molar-refractivity contribution is 7.89. The molecule has 0 saturated heterocycles. The molecule has 0 radical (unpaired) electrons. The lowest BCUT2D eigenvalue weighted by Gasteiger charge is -2.21. The molecule has 0 bridgehead atoms. The number of carbonyl (C=O) groups is 1. The summed E-state index contributed by atoms with van der Waals surface area (Å²) in [6.45, 7) is 4.29. The van der Waals surface area contributed by atoms with Gasteiger partial charge >= 0.3 is 0 Å². The first-order chi connectivity index (χ1) is 21.0. The van der Waals surface area contributed by atoms with E-state index in [0.29, 0.717) is 5.56 Å². The molecule has 0 unspecified atom stereocenters. The van der Waals surface area contributed by atoms with Crippen LogP contribution >= 0.6 is 23.2 Å². The second-order valence-electron chi connectivity index (χ2n) is 10.8. The van der Waals surface area contributed by atoms with Crippen molar-refractivity contribution < 1.29 is 13.2 Å². The normalized spacial score (nSPS) is 12.0. The molecule has 6 rings (SSSR count). The maximum atomic E-state index is 13.0. The number of aryl methyl sites for hydroxylation is 2. The van der Waals surface area contributed by atoms with E-state index in [1.54, 1.807) is 12.1 Å². The SMILES string of the molecule is Cc1c(C(c2ccc(C(=O)NNS(=O)(=O)c3ccc(Cl)c(Cl)c3)cc2)c2c(C)n(C)c3ccccc23)c2ccccc2n1C. The number of para-hydroxylation sites is 2. The highest BCUT2D eigenvalue weighted by atomic mass is 35.5. The molecule has 0 spiro atoms. The highest BCUT2D eigenvalue weighted by Crippen LogP contribution is 2.44. The Morgan fingerprint density at radius 3 is 1.77 bits per heavy atom. The zero-order valence-electron chi connectivity index (χ0n) is 24.5. The Kier molecular flexibility index (Phi) is 7.80. The standard InChI is InChI=1S/C34H30Cl2N4O3S/c1-20-31(25-9-5-7-11-29(25)39(20)3)33(32-21(2)40(4)30-12-8-6-10-26(30)32)22-13-15-23(16-14-22)34(41)37-38-44(42,43)24-17-18-27(35)28(36)19-24/h5-19,33,38H,1-4H3,(H,37,41). The van der Waals surface area contributed by atoms with Crippen LogP contribution in [-0.2, 0) is 24.1 Å². The first-order valence-corrected chi connectivity index (χ1v) is 16.2. The molecule has 0 fully saturated rings. The molecule has 10 heteroatoms. The fraction of sp³-hybridized carbons (Fsp3) is 0.147. The molecule has 6 aromatic rings. The lowest BCUT2D eigenvalue weighted by atomic mass is 9.82. The topological polar surface area (TPSA) is 85.1 Å². The number of aromatic nitrogens is 2. The summed E-state index contributed by atoms with van der Waals surface area (Å²) in [5.74, 6) is -0.725. The molecular formula is C34H30Cl2N4O3S. The van der Waals surface area contributed by atoms with Gasteiger partial charge in [-0.15, -0.1) is 4.83 Å². The van der Waals surface area contributed by atoms with Crippen molar-refractivity contribution in [1.29, 1.82) is 0 Å². The number of hydrazine groups is 1. The van der Waals surface area contributed by atoms with Gasteiger partial charge in [0.05, 0.1) is 14.9 Å². The van der Waals surface area contributed by atoms with Crippen molar-refractivity contribution in [1.82, 2.24) is 19.4 Å². The van der Waals surface area contributed by atoms with Crippen LogP contribution in [0.25, 0.3) is 21.8 Å². The summed E-state index contributed by atoms with van der Waals surface area (Å²) in [7, 11) is 0.0955. The number of benzene rings is 4. The van der Waals surface area contributed by atoms with Crippen molar-refractivity contribution in [3.63, 3.8) is 0 Å². The molecular weight excluding hydrogens is 615 g/mol. The van der Waals surface area contributed by atoms with E-state index in [1.165, 1.54) is 40.1 Å². The largest absolute Gasteiger partial charge is 0.348 e. The molecule has 0 aliphatic rings. The fourth-order valence-corrected chi connectivity index (χ4v) is 7.25. The van der Waals surface area contributed by atoms with Crippen LogP contribution < -0.4 is 10.3 Å². The first-order valence-electron chi connectivity index (χ1n) is 13.9. The average Bonchev–Trinajstić information content (AvgIpc) is 3.43. The summed E-state index contributed by atoms with van der Waals surface area (Å²) in [6, 6.07) is 28.0. The maximum absolute atomic E-state index is 13.0. The van der Waals surface area contributed by atoms with Gasteiger partial charge in [-0.1, -0.05) is 71.7 Å². The highest BCUT2D eigenvalue weighted by Gasteiger charge is 2.29. The van der Waals surface area contributed by atoms with E-state index < -0.39 is 15.9 Å². The summed E-state index contributed by atoms with van der Waals surface area (Å²) in [4.78, 5) is 15.0. The third-order valence-electron chi connectivity index (χ3n) is 8.48. The molecule has 0 aliphatic carbocycles. The number of fused-ring (bicyclic) bond motifs is 2. The van der Waals surface area contributed by atoms with Crippen molar-refractivity contribution in [2.75, 3.05) is 0 Å². The number of rotatable bonds is 7. The quantitative estimate of drug-likeness (QED) is 0.178. The summed E-state index contributed by atoms with van der Waals surface area (Å²) in [6.07, 6.45) is 0. The van der Waals surface area contributed by atoms with Gasteiger partial charge in [0.15, 0.2) is 0 Å². The van der Waals surface area contributed by atoms with Crippen molar-refractivity contribution in [2.45, 2.75) is 24.7 Å². The molecule has 4 aromatic carbocycles. The van der Waals surface area contributed by atoms with Gasteiger partial charge in [-0.2, -0.15) is 0 Å². The van der Waals surface area contributed by atoms with Crippen LogP contribution in [0.4, 0.5) is 0 Å². The van der Waals surface area contributed by atoms with Gasteiger partial charge < -0.3 is 9.13 Å². The number of halogens is 2. The number of hydrogen-bond donors (Lipinski definition) is 2. The van der Waals surface area contributed by atoms with E-state index in [1.807, 2.05) is 24.3 Å². The van der Waals surface area contributed by atoms with Gasteiger partial charge in [0.25, 0.3) is 15.9 Å². The van der Waals surface area contributed by atoms with Crippen molar-refractivity contribution in [3.05, 3.63) is 135 Å². The Morgan fingerprint density at radius 2 is 1.25 bits per heavy atom. The van der Waals surface area contributed by atoms with Crippen LogP contribution in [0.3, 0.4) is 0 Å². The maximum Gasteiger partial charge on any atom is 0.266 e. The Morgan fingerprint density at radius 1 is 0.727 bits per heavy atom. The van der Waals surface area contributed by atoms with E-state index >= 15 is 0 Å². The fourth-order valence-electron chi connectivity index (χ4n) is 6.02. The average molecular weight is 646 g/mol. The number of carbonyl (C=O) groups excluding carboxylic acids is 1. The van der Waals surface area contributed by atoms with Crippen molar-refractivity contribution in [3.8, 4) is 0 Å². The third-order valence-corrected chi connectivity index (χ3v) is 10.5. The molecule has 0 saturated carbocycles. The molecule has 0 atom stereocenters. The summed E-state index contributed by atoms with van der Waals surface area (Å²) in [5, 5.41) is 2.66. The van der Waals surface area contributed by atoms with Gasteiger partial charge in [0.2, 0.25) is 0 Å². The third kappa shape index (κ3) is 5.08. The van der Waals surface area contributed by atoms with Gasteiger partial charge in [-0.05, 0) is 73.0 Å². The molecule has 2 N–H and O–H groups in total. The molecule has 44 heavy (non-hydrogen) atoms. The second-order valence-corrected chi connectivity index (χ2v) is 13.3. The predicted octanol–water partition coefficient (Wildman–Crippen LogP) is 7.40. The van der Waals surface area contributed by atoms with E-state index in [9.17, 15) is 13.2 Å². The number of amides is 1. The summed E-state index contributed by atoms with van der Waals surface area (Å²) in [5.41, 5.74) is 10.6. The smallest absolute Gasteiger partial charge is 0.266 e. The van der Waals surface area contributed by atoms with Crippen molar-refractivity contribution >= 4 is 60.9 Å². The summed E-state index contributed by atoms with van der Waals surface area (Å²) < 4.78 is 29.9. The van der Waals surface area contributed by atoms with Gasteiger partial charge in [0, 0.05) is 58.8 Å². The Hall–Kier alpha value is -4.08. The van der Waals surface area contributed by atoms with Crippen molar-refractivity contribution in [2.24, 2.45) is 14.1 Å². The molecule has 2 heterocycles. The minimum atomic E-state index is -4.07. The second kappa shape index (κ2) is 11.4. The number of hydrogen-bond acceptors (Lipinski definition) is 3. The number of nitrogens with zero attached hydrogens (tertiary/aromatic N) is 2. The van der Waals surface area contributed by atoms with Crippen LogP contribution in [0.2, 0.25) is 10.0 Å². The predicted molar refractivity (Wildman–Crippen MR) is 177 cm³/mol. The van der Waals surface area contributed by atoms with Gasteiger partial charge in [-0.25, -0.2) is 8.42 Å². The molecule has 1 amide bonds. The van der Waals surface area contributed by atoms with E-state index in [2.05, 4.69) is 83.7 Å². The van der Waals surface area contributed by atoms with Gasteiger partial charge in [0.1, 0.15) is 0 Å². The Balaban J connectivity index is 1.39. The Bertz CT molecular complexity index is 2100. The van der Waals surface area contributed by atoms with E-state index in [0.717, 1.165) is 28.0 Å².